The average Bonchev–Trinajstić information content (AvgIpc) is 2.98. The molecule has 0 unspecified atom stereocenters. The number of hydrogen-bond acceptors (Lipinski definition) is 2. The van der Waals surface area contributed by atoms with E-state index in [4.69, 9.17) is 4.74 Å². The Morgan fingerprint density at radius 2 is 2.00 bits per heavy atom. The predicted molar refractivity (Wildman–Crippen MR) is 59.7 cm³/mol. The predicted octanol–water partition coefficient (Wildman–Crippen LogP) is 2.39. The van der Waals surface area contributed by atoms with E-state index < -0.39 is 5.60 Å². The molecule has 1 fully saturated rings. The first-order valence-electron chi connectivity index (χ1n) is 5.02. The lowest BCUT2D eigenvalue weighted by molar-refractivity contribution is 0.202. The molecule has 0 amide bonds. The largest absolute Gasteiger partial charge is 0.497 e. The minimum absolute atomic E-state index is 0.566. The fraction of sp³-hybridized carbons (Fsp3) is 0.308. The molecule has 78 valence electrons. The van der Waals surface area contributed by atoms with Gasteiger partial charge in [0.2, 0.25) is 0 Å². The zero-order valence-electron chi connectivity index (χ0n) is 8.73. The minimum Gasteiger partial charge on any atom is -0.497 e. The van der Waals surface area contributed by atoms with Crippen LogP contribution in [0, 0.1) is 0 Å². The molecule has 1 N–H and O–H groups in total. The van der Waals surface area contributed by atoms with Gasteiger partial charge in [0.25, 0.3) is 0 Å². The van der Waals surface area contributed by atoms with Gasteiger partial charge in [-0.1, -0.05) is 12.1 Å². The summed E-state index contributed by atoms with van der Waals surface area (Å²) in [5, 5.41) is 9.53. The van der Waals surface area contributed by atoms with Gasteiger partial charge in [0.1, 0.15) is 5.75 Å². The van der Waals surface area contributed by atoms with Crippen molar-refractivity contribution in [3.63, 3.8) is 0 Å². The molecule has 2 heteroatoms. The summed E-state index contributed by atoms with van der Waals surface area (Å²) in [6.07, 6.45) is 5.31. The van der Waals surface area contributed by atoms with Crippen LogP contribution in [-0.2, 0) is 0 Å². The van der Waals surface area contributed by atoms with Crippen molar-refractivity contribution in [3.8, 4) is 5.75 Å². The van der Waals surface area contributed by atoms with E-state index in [2.05, 4.69) is 5.73 Å². The van der Waals surface area contributed by atoms with Gasteiger partial charge in [-0.3, -0.25) is 0 Å². The molecule has 0 bridgehead atoms. The summed E-state index contributed by atoms with van der Waals surface area (Å²) in [5.74, 6) is 0.844. The first-order chi connectivity index (χ1) is 7.22. The Hall–Kier alpha value is -1.50. The molecule has 1 aliphatic rings. The highest BCUT2D eigenvalue weighted by Gasteiger charge is 2.37. The molecule has 1 saturated carbocycles. The van der Waals surface area contributed by atoms with Gasteiger partial charge in [-0.05, 0) is 42.7 Å². The van der Waals surface area contributed by atoms with Crippen LogP contribution in [0.5, 0.6) is 5.75 Å². The van der Waals surface area contributed by atoms with Crippen LogP contribution in [-0.4, -0.2) is 17.8 Å². The van der Waals surface area contributed by atoms with Gasteiger partial charge in [0, 0.05) is 0 Å². The monoisotopic (exact) mass is 202 g/mol. The zero-order valence-corrected chi connectivity index (χ0v) is 8.73. The van der Waals surface area contributed by atoms with E-state index in [1.165, 1.54) is 0 Å². The first-order valence-corrected chi connectivity index (χ1v) is 5.02. The highest BCUT2D eigenvalue weighted by Crippen LogP contribution is 2.35. The van der Waals surface area contributed by atoms with Crippen LogP contribution in [0.15, 0.2) is 36.1 Å². The quantitative estimate of drug-likeness (QED) is 0.762. The molecule has 15 heavy (non-hydrogen) atoms. The van der Waals surface area contributed by atoms with Gasteiger partial charge >= 0.3 is 0 Å². The summed E-state index contributed by atoms with van der Waals surface area (Å²) in [6.45, 7) is 0. The lowest BCUT2D eigenvalue weighted by atomic mass is 10.2. The molecule has 2 rings (SSSR count). The fourth-order valence-corrected chi connectivity index (χ4v) is 1.27. The van der Waals surface area contributed by atoms with Gasteiger partial charge in [-0.15, -0.1) is 5.73 Å². The standard InChI is InChI=1S/C13H14O2/c1-15-12-6-4-11(5-7-12)3-2-8-13(14)9-10-13/h3-8,14H,9-10H2,1H3. The highest BCUT2D eigenvalue weighted by molar-refractivity contribution is 5.50. The maximum Gasteiger partial charge on any atom is 0.118 e. The van der Waals surface area contributed by atoms with Gasteiger partial charge in [-0.25, -0.2) is 0 Å². The maximum atomic E-state index is 9.53. The van der Waals surface area contributed by atoms with Crippen LogP contribution >= 0.6 is 0 Å². The summed E-state index contributed by atoms with van der Waals surface area (Å²) in [5.41, 5.74) is 3.49. The Labute approximate surface area is 89.5 Å². The molecule has 2 nitrogen and oxygen atoms in total. The van der Waals surface area contributed by atoms with Gasteiger partial charge in [0.15, 0.2) is 0 Å². The lowest BCUT2D eigenvalue weighted by Crippen LogP contribution is -1.98. The van der Waals surface area contributed by atoms with E-state index in [1.807, 2.05) is 30.3 Å². The van der Waals surface area contributed by atoms with E-state index in [0.717, 1.165) is 24.2 Å². The van der Waals surface area contributed by atoms with Crippen LogP contribution in [0.4, 0.5) is 0 Å². The number of ether oxygens (including phenoxy) is 1. The van der Waals surface area contributed by atoms with Gasteiger partial charge in [-0.2, -0.15) is 0 Å². The van der Waals surface area contributed by atoms with Crippen LogP contribution in [0.3, 0.4) is 0 Å². The van der Waals surface area contributed by atoms with Crippen molar-refractivity contribution < 1.29 is 9.84 Å². The van der Waals surface area contributed by atoms with Crippen LogP contribution < -0.4 is 4.74 Å². The normalized spacial score (nSPS) is 16.4. The molecule has 0 spiro atoms. The molecule has 0 aromatic heterocycles. The highest BCUT2D eigenvalue weighted by atomic mass is 16.5. The second-order valence-electron chi connectivity index (χ2n) is 3.83. The van der Waals surface area contributed by atoms with Crippen molar-refractivity contribution in [2.45, 2.75) is 18.4 Å². The molecular weight excluding hydrogens is 188 g/mol. The zero-order chi connectivity index (χ0) is 10.7. The maximum absolute atomic E-state index is 9.53. The van der Waals surface area contributed by atoms with Crippen LogP contribution in [0.2, 0.25) is 0 Å². The molecule has 0 heterocycles. The van der Waals surface area contributed by atoms with Crippen molar-refractivity contribution in [2.75, 3.05) is 7.11 Å². The third-order valence-corrected chi connectivity index (χ3v) is 2.48. The second-order valence-corrected chi connectivity index (χ2v) is 3.83. The molecule has 1 aliphatic carbocycles. The van der Waals surface area contributed by atoms with Gasteiger partial charge in [0.05, 0.1) is 12.7 Å². The smallest absolute Gasteiger partial charge is 0.118 e. The molecule has 0 saturated heterocycles. The summed E-state index contributed by atoms with van der Waals surface area (Å²) in [7, 11) is 1.65. The van der Waals surface area contributed by atoms with Crippen molar-refractivity contribution in [1.29, 1.82) is 0 Å². The number of rotatable bonds is 3. The third kappa shape index (κ3) is 2.72. The Morgan fingerprint density at radius 1 is 1.33 bits per heavy atom. The Balaban J connectivity index is 2.07. The van der Waals surface area contributed by atoms with E-state index >= 15 is 0 Å². The minimum atomic E-state index is -0.566. The Morgan fingerprint density at radius 3 is 2.53 bits per heavy atom. The topological polar surface area (TPSA) is 29.5 Å². The van der Waals surface area contributed by atoms with Crippen molar-refractivity contribution in [2.24, 2.45) is 0 Å². The second kappa shape index (κ2) is 3.93. The summed E-state index contributed by atoms with van der Waals surface area (Å²) in [6, 6.07) is 7.71. The molecular formula is C13H14O2. The fourth-order valence-electron chi connectivity index (χ4n) is 1.27. The summed E-state index contributed by atoms with van der Waals surface area (Å²) in [4.78, 5) is 0. The van der Waals surface area contributed by atoms with Crippen LogP contribution in [0.1, 0.15) is 18.4 Å². The number of benzene rings is 1. The Kier molecular flexibility index (Phi) is 2.63. The molecule has 0 atom stereocenters. The first kappa shape index (κ1) is 10.0. The Bertz CT molecular complexity index is 393. The van der Waals surface area contributed by atoms with Crippen molar-refractivity contribution in [1.82, 2.24) is 0 Å². The van der Waals surface area contributed by atoms with Gasteiger partial charge < -0.3 is 9.84 Å². The number of hydrogen-bond donors (Lipinski definition) is 1. The van der Waals surface area contributed by atoms with E-state index in [-0.39, 0.29) is 0 Å². The summed E-state index contributed by atoms with van der Waals surface area (Å²) < 4.78 is 5.06. The molecule has 0 aliphatic heterocycles. The summed E-state index contributed by atoms with van der Waals surface area (Å²) >= 11 is 0. The van der Waals surface area contributed by atoms with Crippen molar-refractivity contribution in [3.05, 3.63) is 41.6 Å². The van der Waals surface area contributed by atoms with E-state index in [0.29, 0.717) is 0 Å². The third-order valence-electron chi connectivity index (χ3n) is 2.48. The van der Waals surface area contributed by atoms with E-state index in [9.17, 15) is 5.11 Å². The molecule has 0 radical (unpaired) electrons. The molecule has 1 aromatic rings. The average molecular weight is 202 g/mol. The number of methoxy groups -OCH3 is 1. The SMILES string of the molecule is COc1ccc(C=C=CC2(O)CC2)cc1. The van der Waals surface area contributed by atoms with Crippen molar-refractivity contribution >= 4 is 6.08 Å². The number of aliphatic hydroxyl groups is 1. The van der Waals surface area contributed by atoms with Crippen LogP contribution in [0.25, 0.3) is 6.08 Å². The van der Waals surface area contributed by atoms with E-state index in [1.54, 1.807) is 13.2 Å². The lowest BCUT2D eigenvalue weighted by Gasteiger charge is -1.98. The molecule has 1 aromatic carbocycles.